The fourth-order valence-corrected chi connectivity index (χ4v) is 3.76. The summed E-state index contributed by atoms with van der Waals surface area (Å²) < 4.78 is 0. The minimum atomic E-state index is -0.178. The Morgan fingerprint density at radius 3 is 2.58 bits per heavy atom. The molecule has 2 aromatic carbocycles. The molecular weight excluding hydrogens is 390 g/mol. The van der Waals surface area contributed by atoms with E-state index in [9.17, 15) is 9.59 Å². The van der Waals surface area contributed by atoms with Gasteiger partial charge in [-0.1, -0.05) is 31.2 Å². The molecule has 1 saturated heterocycles. The van der Waals surface area contributed by atoms with Crippen LogP contribution in [0.25, 0.3) is 11.4 Å². The van der Waals surface area contributed by atoms with Crippen molar-refractivity contribution in [2.45, 2.75) is 20.3 Å². The molecule has 0 radical (unpaired) electrons. The van der Waals surface area contributed by atoms with Gasteiger partial charge in [-0.15, -0.1) is 0 Å². The first-order chi connectivity index (χ1) is 15.0. The van der Waals surface area contributed by atoms with Crippen LogP contribution in [0.2, 0.25) is 0 Å². The molecule has 0 aliphatic carbocycles. The zero-order chi connectivity index (χ0) is 21.8. The van der Waals surface area contributed by atoms with Gasteiger partial charge in [0.25, 0.3) is 5.56 Å². The largest absolute Gasteiger partial charge is 0.368 e. The molecule has 0 atom stereocenters. The highest BCUT2D eigenvalue weighted by Crippen LogP contribution is 2.21. The number of piperazine rings is 1. The minimum absolute atomic E-state index is 0.121. The van der Waals surface area contributed by atoms with Gasteiger partial charge in [0.1, 0.15) is 5.82 Å². The average Bonchev–Trinajstić information content (AvgIpc) is 2.79. The summed E-state index contributed by atoms with van der Waals surface area (Å²) in [6.45, 7) is 6.96. The molecular formula is C24H27N5O2. The van der Waals surface area contributed by atoms with Gasteiger partial charge in [-0.3, -0.25) is 4.79 Å². The number of hydrogen-bond acceptors (Lipinski definition) is 4. The molecule has 2 heterocycles. The van der Waals surface area contributed by atoms with Crippen LogP contribution in [0.15, 0.2) is 59.4 Å². The Balaban J connectivity index is 1.41. The average molecular weight is 418 g/mol. The molecule has 3 aromatic rings. The summed E-state index contributed by atoms with van der Waals surface area (Å²) >= 11 is 0. The fraction of sp³-hybridized carbons (Fsp3) is 0.292. The predicted molar refractivity (Wildman–Crippen MR) is 124 cm³/mol. The van der Waals surface area contributed by atoms with Crippen LogP contribution in [0.4, 0.5) is 16.2 Å². The van der Waals surface area contributed by atoms with Crippen molar-refractivity contribution in [1.29, 1.82) is 0 Å². The zero-order valence-corrected chi connectivity index (χ0v) is 17.9. The van der Waals surface area contributed by atoms with E-state index in [1.54, 1.807) is 0 Å². The number of aryl methyl sites for hydroxylation is 2. The van der Waals surface area contributed by atoms with E-state index < -0.39 is 0 Å². The molecule has 0 saturated carbocycles. The van der Waals surface area contributed by atoms with Gasteiger partial charge < -0.3 is 20.1 Å². The van der Waals surface area contributed by atoms with Crippen molar-refractivity contribution >= 4 is 17.4 Å². The van der Waals surface area contributed by atoms with Crippen LogP contribution in [0.5, 0.6) is 0 Å². The van der Waals surface area contributed by atoms with Gasteiger partial charge in [0.05, 0.1) is 0 Å². The van der Waals surface area contributed by atoms with Gasteiger partial charge >= 0.3 is 6.03 Å². The smallest absolute Gasteiger partial charge is 0.321 e. The zero-order valence-electron chi connectivity index (χ0n) is 17.9. The number of H-pyrrole nitrogens is 1. The molecule has 4 rings (SSSR count). The Bertz CT molecular complexity index is 1130. The lowest BCUT2D eigenvalue weighted by Crippen LogP contribution is -2.50. The van der Waals surface area contributed by atoms with Crippen LogP contribution in [0.3, 0.4) is 0 Å². The number of nitrogens with zero attached hydrogens (tertiary/aromatic N) is 3. The first kappa shape index (κ1) is 20.7. The van der Waals surface area contributed by atoms with Gasteiger partial charge in [0.2, 0.25) is 0 Å². The van der Waals surface area contributed by atoms with E-state index in [2.05, 4.69) is 51.4 Å². The number of benzene rings is 2. The third-order valence-electron chi connectivity index (χ3n) is 5.48. The molecule has 1 aliphatic rings. The maximum absolute atomic E-state index is 12.8. The summed E-state index contributed by atoms with van der Waals surface area (Å²) in [6.07, 6.45) is 0.682. The molecule has 1 aliphatic heterocycles. The second-order valence-electron chi connectivity index (χ2n) is 7.76. The van der Waals surface area contributed by atoms with E-state index in [4.69, 9.17) is 0 Å². The Labute approximate surface area is 181 Å². The summed E-state index contributed by atoms with van der Waals surface area (Å²) in [5.74, 6) is 0.507. The van der Waals surface area contributed by atoms with Gasteiger partial charge in [-0.25, -0.2) is 9.78 Å². The van der Waals surface area contributed by atoms with E-state index in [0.717, 1.165) is 24.3 Å². The monoisotopic (exact) mass is 417 g/mol. The molecule has 1 fully saturated rings. The van der Waals surface area contributed by atoms with Crippen LogP contribution >= 0.6 is 0 Å². The van der Waals surface area contributed by atoms with Gasteiger partial charge in [0, 0.05) is 54.9 Å². The Morgan fingerprint density at radius 2 is 1.84 bits per heavy atom. The number of rotatable bonds is 4. The van der Waals surface area contributed by atoms with Crippen molar-refractivity contribution in [1.82, 2.24) is 14.9 Å². The fourth-order valence-electron chi connectivity index (χ4n) is 3.76. The highest BCUT2D eigenvalue weighted by atomic mass is 16.2. The molecule has 7 heteroatoms. The number of aromatic nitrogens is 2. The van der Waals surface area contributed by atoms with Crippen LogP contribution in [-0.4, -0.2) is 47.1 Å². The van der Waals surface area contributed by atoms with Crippen LogP contribution in [0, 0.1) is 6.92 Å². The van der Waals surface area contributed by atoms with Crippen molar-refractivity contribution in [3.05, 3.63) is 76.2 Å². The van der Waals surface area contributed by atoms with Crippen molar-refractivity contribution < 1.29 is 4.79 Å². The number of carbonyl (C=O) groups is 1. The molecule has 160 valence electrons. The summed E-state index contributed by atoms with van der Waals surface area (Å²) in [5, 5.41) is 2.98. The lowest BCUT2D eigenvalue weighted by Gasteiger charge is -2.36. The lowest BCUT2D eigenvalue weighted by molar-refractivity contribution is 0.208. The number of anilines is 2. The molecule has 2 N–H and O–H groups in total. The summed E-state index contributed by atoms with van der Waals surface area (Å²) in [7, 11) is 0. The number of carbonyl (C=O) groups excluding carboxylic acids is 1. The van der Waals surface area contributed by atoms with Crippen molar-refractivity contribution in [3.8, 4) is 11.4 Å². The molecule has 0 spiro atoms. The van der Waals surface area contributed by atoms with Crippen LogP contribution in [0.1, 0.15) is 18.2 Å². The highest BCUT2D eigenvalue weighted by Gasteiger charge is 2.21. The molecule has 1 aromatic heterocycles. The van der Waals surface area contributed by atoms with E-state index in [1.165, 1.54) is 17.3 Å². The Hall–Kier alpha value is -3.61. The topological polar surface area (TPSA) is 81.3 Å². The summed E-state index contributed by atoms with van der Waals surface area (Å²) in [5.41, 5.74) is 4.42. The van der Waals surface area contributed by atoms with Gasteiger partial charge in [0.15, 0.2) is 0 Å². The predicted octanol–water partition coefficient (Wildman–Crippen LogP) is 3.66. The van der Waals surface area contributed by atoms with Crippen molar-refractivity contribution in [3.63, 3.8) is 0 Å². The number of amides is 2. The number of hydrogen-bond donors (Lipinski definition) is 2. The third kappa shape index (κ3) is 4.94. The highest BCUT2D eigenvalue weighted by molar-refractivity contribution is 5.90. The molecule has 0 unspecified atom stereocenters. The molecule has 7 nitrogen and oxygen atoms in total. The molecule has 0 bridgehead atoms. The Morgan fingerprint density at radius 1 is 1.06 bits per heavy atom. The standard InChI is InChI=1S/C24H27N5O2/c1-3-19-16-22(30)27-23(25-19)18-7-5-8-20(15-18)26-24(31)29-12-10-28(11-13-29)21-9-4-6-17(2)14-21/h4-9,14-16H,3,10-13H2,1-2H3,(H,26,31)(H,25,27,30). The number of aromatic amines is 1. The van der Waals surface area contributed by atoms with E-state index >= 15 is 0 Å². The maximum Gasteiger partial charge on any atom is 0.321 e. The normalized spacial score (nSPS) is 13.9. The quantitative estimate of drug-likeness (QED) is 0.679. The van der Waals surface area contributed by atoms with E-state index in [0.29, 0.717) is 31.0 Å². The second-order valence-corrected chi connectivity index (χ2v) is 7.76. The first-order valence-electron chi connectivity index (χ1n) is 10.6. The lowest BCUT2D eigenvalue weighted by atomic mass is 10.1. The Kier molecular flexibility index (Phi) is 6.02. The SMILES string of the molecule is CCc1cc(=O)[nH]c(-c2cccc(NC(=O)N3CCN(c4cccc(C)c4)CC3)c2)n1. The summed E-state index contributed by atoms with van der Waals surface area (Å²) in [6, 6.07) is 17.2. The molecule has 31 heavy (non-hydrogen) atoms. The minimum Gasteiger partial charge on any atom is -0.368 e. The number of urea groups is 1. The summed E-state index contributed by atoms with van der Waals surface area (Å²) in [4.78, 5) is 36.1. The first-order valence-corrected chi connectivity index (χ1v) is 10.6. The molecule has 2 amide bonds. The van der Waals surface area contributed by atoms with Crippen molar-refractivity contribution in [2.24, 2.45) is 0 Å². The van der Waals surface area contributed by atoms with Gasteiger partial charge in [-0.2, -0.15) is 0 Å². The third-order valence-corrected chi connectivity index (χ3v) is 5.48. The van der Waals surface area contributed by atoms with E-state index in [-0.39, 0.29) is 11.6 Å². The maximum atomic E-state index is 12.8. The van der Waals surface area contributed by atoms with Crippen LogP contribution in [-0.2, 0) is 6.42 Å². The van der Waals surface area contributed by atoms with Crippen LogP contribution < -0.4 is 15.8 Å². The van der Waals surface area contributed by atoms with E-state index in [1.807, 2.05) is 36.1 Å². The van der Waals surface area contributed by atoms with Crippen molar-refractivity contribution in [2.75, 3.05) is 36.4 Å². The second kappa shape index (κ2) is 9.04. The number of nitrogens with one attached hydrogen (secondary N) is 2. The van der Waals surface area contributed by atoms with Gasteiger partial charge in [-0.05, 0) is 43.2 Å².